The number of ether oxygens (including phenoxy) is 1. The van der Waals surface area contributed by atoms with Crippen LogP contribution in [0.25, 0.3) is 0 Å². The third-order valence-corrected chi connectivity index (χ3v) is 3.72. The minimum absolute atomic E-state index is 0.0899. The Hall–Kier alpha value is -1.39. The lowest BCUT2D eigenvalue weighted by Gasteiger charge is -2.24. The van der Waals surface area contributed by atoms with Gasteiger partial charge in [0.1, 0.15) is 5.75 Å². The van der Waals surface area contributed by atoms with Crippen LogP contribution in [0.5, 0.6) is 5.75 Å². The van der Waals surface area contributed by atoms with Gasteiger partial charge in [-0.25, -0.2) is 0 Å². The monoisotopic (exact) mass is 334 g/mol. The SMILES string of the molecule is CCC(N)C(Oc1ccc(Br)cc1C)c1ccccn1. The smallest absolute Gasteiger partial charge is 0.155 e. The Kier molecular flexibility index (Phi) is 5.15. The van der Waals surface area contributed by atoms with Gasteiger partial charge in [-0.3, -0.25) is 4.98 Å². The fourth-order valence-corrected chi connectivity index (χ4v) is 2.48. The van der Waals surface area contributed by atoms with Crippen LogP contribution < -0.4 is 10.5 Å². The van der Waals surface area contributed by atoms with Crippen LogP contribution in [0.15, 0.2) is 47.1 Å². The summed E-state index contributed by atoms with van der Waals surface area (Å²) in [6.07, 6.45) is 2.36. The third-order valence-electron chi connectivity index (χ3n) is 3.23. The number of halogens is 1. The zero-order valence-corrected chi connectivity index (χ0v) is 13.3. The summed E-state index contributed by atoms with van der Waals surface area (Å²) in [6, 6.07) is 11.7. The first kappa shape index (κ1) is 15.0. The van der Waals surface area contributed by atoms with Crippen LogP contribution in [0.2, 0.25) is 0 Å². The van der Waals surface area contributed by atoms with Crippen LogP contribution in [0.4, 0.5) is 0 Å². The standard InChI is InChI=1S/C16H19BrN2O/c1-3-13(18)16(14-6-4-5-9-19-14)20-15-8-7-12(17)10-11(15)2/h4-10,13,16H,3,18H2,1-2H3. The molecule has 20 heavy (non-hydrogen) atoms. The first-order valence-corrected chi connectivity index (χ1v) is 7.50. The molecule has 0 saturated carbocycles. The summed E-state index contributed by atoms with van der Waals surface area (Å²) in [5, 5.41) is 0. The van der Waals surface area contributed by atoms with Crippen LogP contribution in [-0.4, -0.2) is 11.0 Å². The van der Waals surface area contributed by atoms with Crippen molar-refractivity contribution in [1.82, 2.24) is 4.98 Å². The number of nitrogens with two attached hydrogens (primary N) is 1. The van der Waals surface area contributed by atoms with Gasteiger partial charge in [0.05, 0.1) is 5.69 Å². The van der Waals surface area contributed by atoms with Gasteiger partial charge >= 0.3 is 0 Å². The van der Waals surface area contributed by atoms with Gasteiger partial charge in [0.15, 0.2) is 6.10 Å². The van der Waals surface area contributed by atoms with Gasteiger partial charge in [0.25, 0.3) is 0 Å². The molecule has 0 aliphatic rings. The average molecular weight is 335 g/mol. The van der Waals surface area contributed by atoms with Gasteiger partial charge in [-0.05, 0) is 49.2 Å². The number of rotatable bonds is 5. The van der Waals surface area contributed by atoms with Gasteiger partial charge in [0, 0.05) is 16.7 Å². The minimum atomic E-state index is -0.235. The van der Waals surface area contributed by atoms with Crippen LogP contribution >= 0.6 is 15.9 Å². The Morgan fingerprint density at radius 3 is 2.70 bits per heavy atom. The Morgan fingerprint density at radius 1 is 1.30 bits per heavy atom. The fourth-order valence-electron chi connectivity index (χ4n) is 2.01. The molecule has 1 heterocycles. The maximum atomic E-state index is 6.20. The molecule has 0 aliphatic heterocycles. The molecule has 2 atom stereocenters. The van der Waals surface area contributed by atoms with E-state index in [0.717, 1.165) is 27.9 Å². The number of pyridine rings is 1. The Morgan fingerprint density at radius 2 is 2.10 bits per heavy atom. The molecule has 2 N–H and O–H groups in total. The molecule has 1 aromatic carbocycles. The molecule has 2 aromatic rings. The second-order valence-electron chi connectivity index (χ2n) is 4.77. The number of aryl methyl sites for hydroxylation is 1. The van der Waals surface area contributed by atoms with Gasteiger partial charge in [-0.1, -0.05) is 28.9 Å². The summed E-state index contributed by atoms with van der Waals surface area (Å²) < 4.78 is 7.17. The lowest BCUT2D eigenvalue weighted by atomic mass is 10.1. The highest BCUT2D eigenvalue weighted by molar-refractivity contribution is 9.10. The number of benzene rings is 1. The number of hydrogen-bond donors (Lipinski definition) is 1. The number of hydrogen-bond acceptors (Lipinski definition) is 3. The molecule has 0 spiro atoms. The van der Waals surface area contributed by atoms with Gasteiger partial charge in [0.2, 0.25) is 0 Å². The maximum absolute atomic E-state index is 6.20. The van der Waals surface area contributed by atoms with Crippen LogP contribution in [0.3, 0.4) is 0 Å². The highest BCUT2D eigenvalue weighted by Gasteiger charge is 2.22. The van der Waals surface area contributed by atoms with E-state index < -0.39 is 0 Å². The van der Waals surface area contributed by atoms with Crippen molar-refractivity contribution in [2.45, 2.75) is 32.4 Å². The summed E-state index contributed by atoms with van der Waals surface area (Å²) in [5.74, 6) is 0.841. The summed E-state index contributed by atoms with van der Waals surface area (Å²) in [4.78, 5) is 4.38. The average Bonchev–Trinajstić information content (AvgIpc) is 2.46. The molecule has 0 amide bonds. The molecule has 3 nitrogen and oxygen atoms in total. The van der Waals surface area contributed by atoms with E-state index in [1.165, 1.54) is 0 Å². The van der Waals surface area contributed by atoms with Crippen molar-refractivity contribution in [3.8, 4) is 5.75 Å². The quantitative estimate of drug-likeness (QED) is 0.898. The molecule has 0 aliphatic carbocycles. The summed E-state index contributed by atoms with van der Waals surface area (Å²) in [5.41, 5.74) is 8.14. The van der Waals surface area contributed by atoms with Crippen molar-refractivity contribution in [3.63, 3.8) is 0 Å². The second-order valence-corrected chi connectivity index (χ2v) is 5.69. The zero-order chi connectivity index (χ0) is 14.5. The van der Waals surface area contributed by atoms with E-state index in [4.69, 9.17) is 10.5 Å². The predicted molar refractivity (Wildman–Crippen MR) is 84.8 cm³/mol. The topological polar surface area (TPSA) is 48.1 Å². The van der Waals surface area contributed by atoms with E-state index in [1.807, 2.05) is 43.3 Å². The molecule has 0 bridgehead atoms. The van der Waals surface area contributed by atoms with Crippen LogP contribution in [-0.2, 0) is 0 Å². The normalized spacial score (nSPS) is 13.8. The van der Waals surface area contributed by atoms with Crippen LogP contribution in [0, 0.1) is 6.92 Å². The van der Waals surface area contributed by atoms with Crippen molar-refractivity contribution >= 4 is 15.9 Å². The van der Waals surface area contributed by atoms with E-state index in [-0.39, 0.29) is 12.1 Å². The largest absolute Gasteiger partial charge is 0.482 e. The molecular weight excluding hydrogens is 316 g/mol. The van der Waals surface area contributed by atoms with E-state index in [9.17, 15) is 0 Å². The third kappa shape index (κ3) is 3.58. The summed E-state index contributed by atoms with van der Waals surface area (Å²) in [7, 11) is 0. The first-order valence-electron chi connectivity index (χ1n) is 6.71. The zero-order valence-electron chi connectivity index (χ0n) is 11.7. The molecule has 2 unspecified atom stereocenters. The molecule has 1 aromatic heterocycles. The molecule has 0 saturated heterocycles. The second kappa shape index (κ2) is 6.86. The number of aromatic nitrogens is 1. The Balaban J connectivity index is 2.29. The summed E-state index contributed by atoms with van der Waals surface area (Å²) >= 11 is 3.46. The van der Waals surface area contributed by atoms with Crippen molar-refractivity contribution in [1.29, 1.82) is 0 Å². The Bertz CT molecular complexity index is 560. The highest BCUT2D eigenvalue weighted by atomic mass is 79.9. The first-order chi connectivity index (χ1) is 9.61. The molecule has 106 valence electrons. The highest BCUT2D eigenvalue weighted by Crippen LogP contribution is 2.28. The van der Waals surface area contributed by atoms with Crippen molar-refractivity contribution < 1.29 is 4.74 Å². The molecule has 2 rings (SSSR count). The van der Waals surface area contributed by atoms with E-state index in [1.54, 1.807) is 6.20 Å². The number of nitrogens with zero attached hydrogens (tertiary/aromatic N) is 1. The van der Waals surface area contributed by atoms with Gasteiger partial charge in [-0.15, -0.1) is 0 Å². The summed E-state index contributed by atoms with van der Waals surface area (Å²) in [6.45, 7) is 4.07. The molecule has 0 radical (unpaired) electrons. The fraction of sp³-hybridized carbons (Fsp3) is 0.312. The van der Waals surface area contributed by atoms with E-state index in [2.05, 4.69) is 27.8 Å². The molecular formula is C16H19BrN2O. The van der Waals surface area contributed by atoms with Crippen molar-refractivity contribution in [2.75, 3.05) is 0 Å². The van der Waals surface area contributed by atoms with E-state index in [0.29, 0.717) is 0 Å². The minimum Gasteiger partial charge on any atom is -0.482 e. The van der Waals surface area contributed by atoms with Crippen molar-refractivity contribution in [3.05, 3.63) is 58.3 Å². The van der Waals surface area contributed by atoms with E-state index >= 15 is 0 Å². The molecule has 4 heteroatoms. The lowest BCUT2D eigenvalue weighted by Crippen LogP contribution is -2.32. The molecule has 0 fully saturated rings. The Labute approximate surface area is 128 Å². The van der Waals surface area contributed by atoms with Crippen molar-refractivity contribution in [2.24, 2.45) is 5.73 Å². The van der Waals surface area contributed by atoms with Gasteiger partial charge < -0.3 is 10.5 Å². The van der Waals surface area contributed by atoms with Gasteiger partial charge in [-0.2, -0.15) is 0 Å². The predicted octanol–water partition coefficient (Wildman–Crippen LogP) is 4.01. The van der Waals surface area contributed by atoms with Crippen LogP contribution in [0.1, 0.15) is 30.7 Å². The maximum Gasteiger partial charge on any atom is 0.155 e. The lowest BCUT2D eigenvalue weighted by molar-refractivity contribution is 0.165.